The highest BCUT2D eigenvalue weighted by Crippen LogP contribution is 2.30. The molecule has 2 aromatic carbocycles. The molecule has 3 aromatic rings. The number of carbonyl (C=O) groups excluding carboxylic acids is 1. The van der Waals surface area contributed by atoms with Crippen LogP contribution in [0.4, 0.5) is 4.39 Å². The Hall–Kier alpha value is -2.70. The van der Waals surface area contributed by atoms with Gasteiger partial charge in [0.15, 0.2) is 0 Å². The minimum atomic E-state index is -0.299. The molecule has 1 fully saturated rings. The first-order valence-electron chi connectivity index (χ1n) is 9.85. The zero-order valence-electron chi connectivity index (χ0n) is 16.9. The molecule has 0 radical (unpaired) electrons. The van der Waals surface area contributed by atoms with Gasteiger partial charge in [-0.15, -0.1) is 12.4 Å². The molecule has 0 spiro atoms. The summed E-state index contributed by atoms with van der Waals surface area (Å²) in [7, 11) is 0. The minimum absolute atomic E-state index is 0. The molecular weight excluding hydrogens is 403 g/mol. The van der Waals surface area contributed by atoms with E-state index in [0.717, 1.165) is 29.8 Å². The summed E-state index contributed by atoms with van der Waals surface area (Å²) in [4.78, 5) is 14.9. The summed E-state index contributed by atoms with van der Waals surface area (Å²) in [5, 5.41) is 4.71. The molecule has 5 nitrogen and oxygen atoms in total. The number of hydrogen-bond acceptors (Lipinski definition) is 3. The van der Waals surface area contributed by atoms with Gasteiger partial charge >= 0.3 is 0 Å². The van der Waals surface area contributed by atoms with Crippen LogP contribution in [0.15, 0.2) is 60.8 Å². The van der Waals surface area contributed by atoms with Crippen molar-refractivity contribution in [3.63, 3.8) is 0 Å². The third kappa shape index (κ3) is 4.55. The van der Waals surface area contributed by atoms with E-state index in [1.165, 1.54) is 12.1 Å². The summed E-state index contributed by atoms with van der Waals surface area (Å²) >= 11 is 0. The molecule has 1 atom stereocenters. The summed E-state index contributed by atoms with van der Waals surface area (Å²) in [6.45, 7) is 4.10. The Morgan fingerprint density at radius 3 is 2.50 bits per heavy atom. The number of likely N-dealkylation sites (tertiary alicyclic amines) is 1. The summed E-state index contributed by atoms with van der Waals surface area (Å²) in [6, 6.07) is 16.0. The second-order valence-corrected chi connectivity index (χ2v) is 8.05. The van der Waals surface area contributed by atoms with Crippen molar-refractivity contribution in [1.29, 1.82) is 0 Å². The summed E-state index contributed by atoms with van der Waals surface area (Å²) in [6.07, 6.45) is 3.06. The van der Waals surface area contributed by atoms with Crippen molar-refractivity contribution < 1.29 is 9.18 Å². The fourth-order valence-electron chi connectivity index (χ4n) is 3.78. The van der Waals surface area contributed by atoms with Crippen LogP contribution in [0.1, 0.15) is 18.9 Å². The van der Waals surface area contributed by atoms with Gasteiger partial charge in [0, 0.05) is 30.4 Å². The maximum absolute atomic E-state index is 13.4. The Kier molecular flexibility index (Phi) is 6.58. The van der Waals surface area contributed by atoms with E-state index in [-0.39, 0.29) is 36.0 Å². The van der Waals surface area contributed by atoms with E-state index < -0.39 is 0 Å². The predicted octanol–water partition coefficient (Wildman–Crippen LogP) is 3.84. The predicted molar refractivity (Wildman–Crippen MR) is 118 cm³/mol. The van der Waals surface area contributed by atoms with Crippen molar-refractivity contribution in [2.24, 2.45) is 11.1 Å². The fraction of sp³-hybridized carbons (Fsp3) is 0.304. The lowest BCUT2D eigenvalue weighted by molar-refractivity contribution is -0.129. The Morgan fingerprint density at radius 1 is 1.17 bits per heavy atom. The number of para-hydroxylation sites is 1. The molecule has 158 valence electrons. The van der Waals surface area contributed by atoms with Gasteiger partial charge in [0.2, 0.25) is 5.91 Å². The number of benzene rings is 2. The maximum Gasteiger partial charge on any atom is 0.227 e. The molecule has 1 saturated heterocycles. The van der Waals surface area contributed by atoms with Crippen LogP contribution in [0.2, 0.25) is 0 Å². The number of halogens is 2. The SMILES string of the molecule is CC1(CN)CCN(C(=O)Cc2cn(-c3ccccc3)nc2-c2ccc(F)cc2)C1.Cl. The van der Waals surface area contributed by atoms with E-state index in [2.05, 4.69) is 6.92 Å². The molecule has 4 rings (SSSR count). The number of aromatic nitrogens is 2. The number of nitrogens with two attached hydrogens (primary N) is 1. The monoisotopic (exact) mass is 428 g/mol. The van der Waals surface area contributed by atoms with Crippen LogP contribution in [0.3, 0.4) is 0 Å². The van der Waals surface area contributed by atoms with Crippen LogP contribution < -0.4 is 5.73 Å². The van der Waals surface area contributed by atoms with Crippen molar-refractivity contribution in [3.8, 4) is 16.9 Å². The van der Waals surface area contributed by atoms with Crippen LogP contribution in [0.5, 0.6) is 0 Å². The lowest BCUT2D eigenvalue weighted by Gasteiger charge is -2.22. The number of rotatable bonds is 5. The van der Waals surface area contributed by atoms with Gasteiger partial charge in [-0.25, -0.2) is 9.07 Å². The molecule has 2 N–H and O–H groups in total. The van der Waals surface area contributed by atoms with Gasteiger partial charge in [-0.1, -0.05) is 25.1 Å². The standard InChI is InChI=1S/C23H25FN4O.ClH/c1-23(15-25)11-12-27(16-23)21(29)13-18-14-28(20-5-3-2-4-6-20)26-22(18)17-7-9-19(24)10-8-17;/h2-10,14H,11-13,15-16,25H2,1H3;1H. The average molecular weight is 429 g/mol. The normalized spacial score (nSPS) is 18.3. The lowest BCUT2D eigenvalue weighted by atomic mass is 9.90. The molecule has 0 bridgehead atoms. The van der Waals surface area contributed by atoms with Gasteiger partial charge in [0.05, 0.1) is 17.8 Å². The molecule has 1 unspecified atom stereocenters. The Balaban J connectivity index is 0.00000256. The van der Waals surface area contributed by atoms with Crippen LogP contribution in [0.25, 0.3) is 16.9 Å². The van der Waals surface area contributed by atoms with Gasteiger partial charge in [-0.05, 0) is 54.8 Å². The Morgan fingerprint density at radius 2 is 1.87 bits per heavy atom. The van der Waals surface area contributed by atoms with Crippen LogP contribution in [0, 0.1) is 11.2 Å². The second kappa shape index (κ2) is 8.98. The number of carbonyl (C=O) groups is 1. The van der Waals surface area contributed by atoms with E-state index in [1.807, 2.05) is 41.4 Å². The van der Waals surface area contributed by atoms with Gasteiger partial charge in [-0.3, -0.25) is 4.79 Å². The average Bonchev–Trinajstić information content (AvgIpc) is 3.34. The smallest absolute Gasteiger partial charge is 0.227 e. The molecule has 7 heteroatoms. The quantitative estimate of drug-likeness (QED) is 0.671. The zero-order chi connectivity index (χ0) is 20.4. The molecule has 0 aliphatic carbocycles. The first-order chi connectivity index (χ1) is 14.0. The van der Waals surface area contributed by atoms with Crippen molar-refractivity contribution in [1.82, 2.24) is 14.7 Å². The highest BCUT2D eigenvalue weighted by atomic mass is 35.5. The lowest BCUT2D eigenvalue weighted by Crippen LogP contribution is -2.35. The molecule has 0 saturated carbocycles. The zero-order valence-corrected chi connectivity index (χ0v) is 17.7. The number of nitrogens with zero attached hydrogens (tertiary/aromatic N) is 3. The van der Waals surface area contributed by atoms with Gasteiger partial charge < -0.3 is 10.6 Å². The van der Waals surface area contributed by atoms with E-state index >= 15 is 0 Å². The van der Waals surface area contributed by atoms with E-state index in [0.29, 0.717) is 18.8 Å². The number of amides is 1. The first kappa shape index (κ1) is 22.0. The van der Waals surface area contributed by atoms with Crippen molar-refractivity contribution in [2.45, 2.75) is 19.8 Å². The third-order valence-corrected chi connectivity index (χ3v) is 5.67. The number of hydrogen-bond donors (Lipinski definition) is 1. The fourth-order valence-corrected chi connectivity index (χ4v) is 3.78. The summed E-state index contributed by atoms with van der Waals surface area (Å²) in [5.41, 5.74) is 9.09. The highest BCUT2D eigenvalue weighted by molar-refractivity contribution is 5.85. The second-order valence-electron chi connectivity index (χ2n) is 8.05. The first-order valence-corrected chi connectivity index (χ1v) is 9.85. The Labute approximate surface area is 182 Å². The molecule has 1 aliphatic heterocycles. The van der Waals surface area contributed by atoms with Crippen molar-refractivity contribution in [2.75, 3.05) is 19.6 Å². The van der Waals surface area contributed by atoms with Crippen LogP contribution >= 0.6 is 12.4 Å². The molecular formula is C23H26ClFN4O. The summed E-state index contributed by atoms with van der Waals surface area (Å²) < 4.78 is 15.2. The van der Waals surface area contributed by atoms with Gasteiger partial charge in [-0.2, -0.15) is 5.10 Å². The highest BCUT2D eigenvalue weighted by Gasteiger charge is 2.35. The molecule has 1 aliphatic rings. The maximum atomic E-state index is 13.4. The van der Waals surface area contributed by atoms with Crippen molar-refractivity contribution >= 4 is 18.3 Å². The van der Waals surface area contributed by atoms with Gasteiger partial charge in [0.1, 0.15) is 5.82 Å². The Bertz CT molecular complexity index is 1010. The third-order valence-electron chi connectivity index (χ3n) is 5.67. The van der Waals surface area contributed by atoms with E-state index in [4.69, 9.17) is 10.8 Å². The summed E-state index contributed by atoms with van der Waals surface area (Å²) in [5.74, 6) is -0.231. The van der Waals surface area contributed by atoms with E-state index in [9.17, 15) is 9.18 Å². The van der Waals surface area contributed by atoms with Crippen LogP contribution in [-0.2, 0) is 11.2 Å². The van der Waals surface area contributed by atoms with Crippen molar-refractivity contribution in [3.05, 3.63) is 72.2 Å². The molecule has 2 heterocycles. The molecule has 1 aromatic heterocycles. The van der Waals surface area contributed by atoms with Gasteiger partial charge in [0.25, 0.3) is 0 Å². The molecule has 30 heavy (non-hydrogen) atoms. The minimum Gasteiger partial charge on any atom is -0.342 e. The largest absolute Gasteiger partial charge is 0.342 e. The van der Waals surface area contributed by atoms with Crippen LogP contribution in [-0.4, -0.2) is 40.2 Å². The topological polar surface area (TPSA) is 64.2 Å². The molecule has 1 amide bonds. The van der Waals surface area contributed by atoms with E-state index in [1.54, 1.807) is 16.8 Å².